The van der Waals surface area contributed by atoms with Gasteiger partial charge in [0.2, 0.25) is 0 Å². The molecule has 0 unspecified atom stereocenters. The Morgan fingerprint density at radius 3 is 2.62 bits per heavy atom. The van der Waals surface area contributed by atoms with Gasteiger partial charge in [0.25, 0.3) is 0 Å². The van der Waals surface area contributed by atoms with Crippen LogP contribution in [0.5, 0.6) is 0 Å². The van der Waals surface area contributed by atoms with Gasteiger partial charge in [0.1, 0.15) is 5.84 Å². The van der Waals surface area contributed by atoms with Crippen LogP contribution in [-0.4, -0.2) is 24.3 Å². The van der Waals surface area contributed by atoms with E-state index in [-0.39, 0.29) is 0 Å². The van der Waals surface area contributed by atoms with E-state index >= 15 is 0 Å². The molecule has 0 fully saturated rings. The normalized spacial score (nSPS) is 15.4. The smallest absolute Gasteiger partial charge is 0.114 e. The lowest BCUT2D eigenvalue weighted by Gasteiger charge is -2.13. The molecule has 0 spiro atoms. The molecule has 88 valence electrons. The first-order valence-corrected chi connectivity index (χ1v) is 5.76. The van der Waals surface area contributed by atoms with Crippen molar-refractivity contribution in [2.24, 2.45) is 10.7 Å². The second-order valence-electron chi connectivity index (χ2n) is 3.91. The zero-order chi connectivity index (χ0) is 12.1. The standard InChI is InChI=1S/C11H15N3.C2H6/c1-8-3-4-10-9(5-8)6-14(2)7-11(12)13-10;1-2/h3-5H,6-7H2,1-2H3,(H2,12,13);1-2H3. The van der Waals surface area contributed by atoms with Crippen LogP contribution in [0, 0.1) is 6.92 Å². The van der Waals surface area contributed by atoms with Crippen LogP contribution < -0.4 is 5.73 Å². The summed E-state index contributed by atoms with van der Waals surface area (Å²) in [5, 5.41) is 0. The molecule has 1 aromatic carbocycles. The molecule has 2 rings (SSSR count). The van der Waals surface area contributed by atoms with Crippen LogP contribution in [0.4, 0.5) is 5.69 Å². The number of aliphatic imine (C=N–C) groups is 1. The molecular weight excluding hydrogens is 198 g/mol. The Bertz CT molecular complexity index is 383. The third-order valence-electron chi connectivity index (χ3n) is 2.37. The fraction of sp³-hybridized carbons (Fsp3) is 0.462. The Balaban J connectivity index is 0.000000606. The van der Waals surface area contributed by atoms with Gasteiger partial charge in [-0.15, -0.1) is 0 Å². The summed E-state index contributed by atoms with van der Waals surface area (Å²) in [5.41, 5.74) is 9.33. The molecule has 0 saturated heterocycles. The molecular formula is C13H21N3. The van der Waals surface area contributed by atoms with Crippen LogP contribution in [0.1, 0.15) is 25.0 Å². The van der Waals surface area contributed by atoms with Gasteiger partial charge in [0, 0.05) is 6.54 Å². The molecule has 0 saturated carbocycles. The average Bonchev–Trinajstić information content (AvgIpc) is 2.37. The number of aryl methyl sites for hydroxylation is 1. The SMILES string of the molecule is CC.Cc1ccc2c(c1)CN(C)CC(N)=N2. The van der Waals surface area contributed by atoms with E-state index in [0.717, 1.165) is 18.8 Å². The van der Waals surface area contributed by atoms with Crippen LogP contribution in [0.25, 0.3) is 0 Å². The van der Waals surface area contributed by atoms with Crippen molar-refractivity contribution in [2.45, 2.75) is 27.3 Å². The van der Waals surface area contributed by atoms with E-state index in [2.05, 4.69) is 36.0 Å². The number of fused-ring (bicyclic) bond motifs is 1. The third-order valence-corrected chi connectivity index (χ3v) is 2.37. The highest BCUT2D eigenvalue weighted by Gasteiger charge is 2.11. The maximum absolute atomic E-state index is 5.79. The Morgan fingerprint density at radius 2 is 1.94 bits per heavy atom. The van der Waals surface area contributed by atoms with Crippen molar-refractivity contribution in [1.29, 1.82) is 0 Å². The van der Waals surface area contributed by atoms with E-state index in [4.69, 9.17) is 5.73 Å². The number of nitrogens with two attached hydrogens (primary N) is 1. The summed E-state index contributed by atoms with van der Waals surface area (Å²) in [6, 6.07) is 6.28. The monoisotopic (exact) mass is 219 g/mol. The lowest BCUT2D eigenvalue weighted by atomic mass is 10.1. The van der Waals surface area contributed by atoms with Gasteiger partial charge in [0.05, 0.1) is 12.2 Å². The highest BCUT2D eigenvalue weighted by atomic mass is 15.1. The molecule has 0 radical (unpaired) electrons. The Hall–Kier alpha value is -1.35. The van der Waals surface area contributed by atoms with E-state index in [1.807, 2.05) is 19.9 Å². The first-order chi connectivity index (χ1) is 7.65. The summed E-state index contributed by atoms with van der Waals surface area (Å²) in [7, 11) is 2.06. The predicted octanol–water partition coefficient (Wildman–Crippen LogP) is 2.46. The molecule has 0 aliphatic carbocycles. The molecule has 0 aromatic heterocycles. The molecule has 1 aromatic rings. The van der Waals surface area contributed by atoms with Gasteiger partial charge in [-0.25, -0.2) is 4.99 Å². The van der Waals surface area contributed by atoms with Gasteiger partial charge in [-0.3, -0.25) is 4.90 Å². The van der Waals surface area contributed by atoms with Gasteiger partial charge < -0.3 is 5.73 Å². The minimum atomic E-state index is 0.690. The quantitative estimate of drug-likeness (QED) is 0.728. The van der Waals surface area contributed by atoms with E-state index in [0.29, 0.717) is 5.84 Å². The molecule has 1 aliphatic rings. The average molecular weight is 219 g/mol. The number of amidine groups is 1. The van der Waals surface area contributed by atoms with Crippen molar-refractivity contribution in [2.75, 3.05) is 13.6 Å². The van der Waals surface area contributed by atoms with Crippen molar-refractivity contribution in [3.63, 3.8) is 0 Å². The second-order valence-corrected chi connectivity index (χ2v) is 3.91. The number of hydrogen-bond donors (Lipinski definition) is 1. The van der Waals surface area contributed by atoms with Crippen molar-refractivity contribution < 1.29 is 0 Å². The van der Waals surface area contributed by atoms with E-state index in [1.54, 1.807) is 0 Å². The summed E-state index contributed by atoms with van der Waals surface area (Å²) >= 11 is 0. The fourth-order valence-electron chi connectivity index (χ4n) is 1.76. The molecule has 1 aliphatic heterocycles. The highest BCUT2D eigenvalue weighted by Crippen LogP contribution is 2.23. The van der Waals surface area contributed by atoms with Gasteiger partial charge in [-0.2, -0.15) is 0 Å². The zero-order valence-electron chi connectivity index (χ0n) is 10.6. The Morgan fingerprint density at radius 1 is 1.25 bits per heavy atom. The van der Waals surface area contributed by atoms with Gasteiger partial charge in [-0.05, 0) is 25.6 Å². The minimum Gasteiger partial charge on any atom is -0.386 e. The summed E-state index contributed by atoms with van der Waals surface area (Å²) < 4.78 is 0. The van der Waals surface area contributed by atoms with E-state index in [9.17, 15) is 0 Å². The summed E-state index contributed by atoms with van der Waals surface area (Å²) in [5.74, 6) is 0.690. The lowest BCUT2D eigenvalue weighted by Crippen LogP contribution is -2.28. The topological polar surface area (TPSA) is 41.6 Å². The number of likely N-dealkylation sites (N-methyl/N-ethyl adjacent to an activating group) is 1. The van der Waals surface area contributed by atoms with Crippen molar-refractivity contribution in [1.82, 2.24) is 4.90 Å². The molecule has 3 heteroatoms. The summed E-state index contributed by atoms with van der Waals surface area (Å²) in [6.07, 6.45) is 0. The molecule has 0 atom stereocenters. The number of nitrogens with zero attached hydrogens (tertiary/aromatic N) is 2. The number of hydrogen-bond acceptors (Lipinski definition) is 3. The van der Waals surface area contributed by atoms with Gasteiger partial charge >= 0.3 is 0 Å². The van der Waals surface area contributed by atoms with Crippen LogP contribution in [0.2, 0.25) is 0 Å². The third kappa shape index (κ3) is 3.07. The summed E-state index contributed by atoms with van der Waals surface area (Å²) in [4.78, 5) is 6.55. The van der Waals surface area contributed by atoms with Gasteiger partial charge in [-0.1, -0.05) is 31.5 Å². The molecule has 0 bridgehead atoms. The van der Waals surface area contributed by atoms with E-state index < -0.39 is 0 Å². The van der Waals surface area contributed by atoms with Crippen LogP contribution >= 0.6 is 0 Å². The maximum atomic E-state index is 5.79. The fourth-order valence-corrected chi connectivity index (χ4v) is 1.76. The molecule has 3 nitrogen and oxygen atoms in total. The number of rotatable bonds is 0. The Labute approximate surface area is 98.0 Å². The number of benzene rings is 1. The van der Waals surface area contributed by atoms with Gasteiger partial charge in [0.15, 0.2) is 0 Å². The largest absolute Gasteiger partial charge is 0.386 e. The first-order valence-electron chi connectivity index (χ1n) is 5.76. The van der Waals surface area contributed by atoms with Crippen molar-refractivity contribution >= 4 is 11.5 Å². The molecule has 0 amide bonds. The van der Waals surface area contributed by atoms with Crippen molar-refractivity contribution in [3.05, 3.63) is 29.3 Å². The molecule has 16 heavy (non-hydrogen) atoms. The lowest BCUT2D eigenvalue weighted by molar-refractivity contribution is 0.376. The van der Waals surface area contributed by atoms with Crippen molar-refractivity contribution in [3.8, 4) is 0 Å². The maximum Gasteiger partial charge on any atom is 0.114 e. The summed E-state index contributed by atoms with van der Waals surface area (Å²) in [6.45, 7) is 7.76. The Kier molecular flexibility index (Phi) is 4.50. The first kappa shape index (κ1) is 12.7. The second kappa shape index (κ2) is 5.66. The predicted molar refractivity (Wildman–Crippen MR) is 70.1 cm³/mol. The van der Waals surface area contributed by atoms with Crippen LogP contribution in [0.3, 0.4) is 0 Å². The van der Waals surface area contributed by atoms with Crippen LogP contribution in [0.15, 0.2) is 23.2 Å². The highest BCUT2D eigenvalue weighted by molar-refractivity contribution is 5.86. The molecule has 1 heterocycles. The minimum absolute atomic E-state index is 0.690. The zero-order valence-corrected chi connectivity index (χ0v) is 10.6. The van der Waals surface area contributed by atoms with Crippen LogP contribution in [-0.2, 0) is 6.54 Å². The van der Waals surface area contributed by atoms with E-state index in [1.165, 1.54) is 11.1 Å². The molecule has 2 N–H and O–H groups in total.